The number of ether oxygens (including phenoxy) is 4. The Balaban J connectivity index is 1.47. The van der Waals surface area contributed by atoms with E-state index in [4.69, 9.17) is 28.0 Å². The van der Waals surface area contributed by atoms with Gasteiger partial charge in [0.1, 0.15) is 29.4 Å². The molecule has 1 fully saturated rings. The Bertz CT molecular complexity index is 2080. The molecule has 1 aliphatic rings. The second-order valence-corrected chi connectivity index (χ2v) is 15.9. The number of fused-ring (bicyclic) bond motifs is 1. The minimum absolute atomic E-state index is 0.114. The van der Waals surface area contributed by atoms with Crippen LogP contribution in [-0.4, -0.2) is 61.0 Å². The fourth-order valence-corrected chi connectivity index (χ4v) is 9.08. The first-order valence-corrected chi connectivity index (χ1v) is 20.2. The van der Waals surface area contributed by atoms with Gasteiger partial charge >= 0.3 is 0 Å². The Morgan fingerprint density at radius 2 is 1.46 bits per heavy atom. The van der Waals surface area contributed by atoms with Gasteiger partial charge in [-0.1, -0.05) is 72.3 Å². The van der Waals surface area contributed by atoms with Gasteiger partial charge in [-0.25, -0.2) is 4.67 Å². The van der Waals surface area contributed by atoms with Crippen molar-refractivity contribution in [2.24, 2.45) is 0 Å². The lowest BCUT2D eigenvalue weighted by Gasteiger charge is -2.40. The summed E-state index contributed by atoms with van der Waals surface area (Å²) < 4.78 is 42.5. The van der Waals surface area contributed by atoms with Crippen LogP contribution in [0.2, 0.25) is 0 Å². The van der Waals surface area contributed by atoms with Crippen LogP contribution in [0.4, 0.5) is 0 Å². The van der Waals surface area contributed by atoms with Gasteiger partial charge in [0.25, 0.3) is 14.1 Å². The summed E-state index contributed by atoms with van der Waals surface area (Å²) in [5, 5.41) is 10.8. The molecule has 6 rings (SSSR count). The van der Waals surface area contributed by atoms with E-state index >= 15 is 0 Å². The van der Waals surface area contributed by atoms with Crippen molar-refractivity contribution in [1.29, 1.82) is 5.26 Å². The number of nitrogens with zero attached hydrogens (tertiary/aromatic N) is 3. The number of pyridine rings is 1. The highest BCUT2D eigenvalue weighted by molar-refractivity contribution is 7.44. The van der Waals surface area contributed by atoms with Crippen molar-refractivity contribution in [1.82, 2.24) is 9.24 Å². The molecule has 0 N–H and O–H groups in total. The third-order valence-corrected chi connectivity index (χ3v) is 12.2. The molecular weight excluding hydrogens is 725 g/mol. The van der Waals surface area contributed by atoms with Gasteiger partial charge in [-0.05, 0) is 93.1 Å². The van der Waals surface area contributed by atoms with Gasteiger partial charge in [-0.3, -0.25) is 9.36 Å². The fraction of sp³-hybridized carbons (Fsp3) is 0.378. The third-order valence-electron chi connectivity index (χ3n) is 10.1. The standard InChI is InChI=1S/C45H52N3O7P/c1-31(2)48(32(3)4)56(52-27-11-25-46)53-30-42-41(29-43(54-42)47-26-24-34-28-33(5)14-23-40(34)44(47)49)55-45(35-12-9-8-10-13-35,36-15-19-38(50-6)20-16-36)37-17-21-39(51-7)22-18-37/h8-10,12-24,26,28,31-32,41-43H,11,27,29-30H2,1-7H3/t41-,42-,43-,56?/m1/s1. The smallest absolute Gasteiger partial charge is 0.260 e. The Kier molecular flexibility index (Phi) is 13.6. The van der Waals surface area contributed by atoms with Crippen molar-refractivity contribution < 1.29 is 28.0 Å². The molecule has 0 saturated carbocycles. The Morgan fingerprint density at radius 3 is 2.04 bits per heavy atom. The van der Waals surface area contributed by atoms with Crippen LogP contribution < -0.4 is 15.0 Å². The average Bonchev–Trinajstić information content (AvgIpc) is 3.60. The van der Waals surface area contributed by atoms with Crippen molar-refractivity contribution in [3.05, 3.63) is 142 Å². The van der Waals surface area contributed by atoms with Gasteiger partial charge in [-0.15, -0.1) is 0 Å². The van der Waals surface area contributed by atoms with E-state index in [2.05, 4.69) is 50.6 Å². The number of hydrogen-bond acceptors (Lipinski definition) is 9. The van der Waals surface area contributed by atoms with E-state index in [1.165, 1.54) is 0 Å². The van der Waals surface area contributed by atoms with Crippen LogP contribution in [0.5, 0.6) is 11.5 Å². The molecule has 4 aromatic carbocycles. The third kappa shape index (κ3) is 8.85. The zero-order valence-electron chi connectivity index (χ0n) is 33.3. The summed E-state index contributed by atoms with van der Waals surface area (Å²) in [5.41, 5.74) is 2.47. The summed E-state index contributed by atoms with van der Waals surface area (Å²) in [6, 6.07) is 36.2. The second kappa shape index (κ2) is 18.6. The van der Waals surface area contributed by atoms with Crippen molar-refractivity contribution in [3.8, 4) is 17.6 Å². The van der Waals surface area contributed by atoms with Gasteiger partial charge in [0, 0.05) is 30.1 Å². The van der Waals surface area contributed by atoms with Gasteiger partial charge in [0.2, 0.25) is 0 Å². The quantitative estimate of drug-likeness (QED) is 0.0519. The highest BCUT2D eigenvalue weighted by atomic mass is 31.2. The highest BCUT2D eigenvalue weighted by Gasteiger charge is 2.47. The van der Waals surface area contributed by atoms with Crippen LogP contribution in [0.25, 0.3) is 10.8 Å². The lowest BCUT2D eigenvalue weighted by Crippen LogP contribution is -2.41. The predicted molar refractivity (Wildman–Crippen MR) is 220 cm³/mol. The van der Waals surface area contributed by atoms with Crippen molar-refractivity contribution in [2.45, 2.75) is 83.6 Å². The molecule has 1 saturated heterocycles. The van der Waals surface area contributed by atoms with Crippen LogP contribution >= 0.6 is 8.53 Å². The highest BCUT2D eigenvalue weighted by Crippen LogP contribution is 2.49. The summed E-state index contributed by atoms with van der Waals surface area (Å²) in [4.78, 5) is 14.1. The maximum atomic E-state index is 14.1. The topological polar surface area (TPSA) is 104 Å². The molecule has 1 aliphatic heterocycles. The molecule has 1 aromatic heterocycles. The SMILES string of the molecule is COc1ccc(C(O[C@@H]2C[C@H](n3ccc4cc(C)ccc4c3=O)O[C@@H]2COP(OCCC#N)N(C(C)C)C(C)C)(c2ccccc2)c2ccc(OC)cc2)cc1. The number of aromatic nitrogens is 1. The van der Waals surface area contributed by atoms with Crippen LogP contribution in [0.3, 0.4) is 0 Å². The summed E-state index contributed by atoms with van der Waals surface area (Å²) in [5.74, 6) is 1.44. The summed E-state index contributed by atoms with van der Waals surface area (Å²) >= 11 is 0. The van der Waals surface area contributed by atoms with E-state index in [0.717, 1.165) is 39.1 Å². The van der Waals surface area contributed by atoms with Gasteiger partial charge in [0.15, 0.2) is 0 Å². The molecular formula is C45H52N3O7P. The first kappa shape index (κ1) is 41.1. The molecule has 2 heterocycles. The molecule has 0 radical (unpaired) electrons. The molecule has 4 atom stereocenters. The maximum Gasteiger partial charge on any atom is 0.260 e. The van der Waals surface area contributed by atoms with Crippen LogP contribution in [-0.2, 0) is 24.1 Å². The minimum Gasteiger partial charge on any atom is -0.497 e. The lowest BCUT2D eigenvalue weighted by molar-refractivity contribution is -0.0973. The lowest BCUT2D eigenvalue weighted by atomic mass is 9.79. The van der Waals surface area contributed by atoms with E-state index in [-0.39, 0.29) is 37.3 Å². The molecule has 1 unspecified atom stereocenters. The molecule has 0 spiro atoms. The van der Waals surface area contributed by atoms with E-state index in [0.29, 0.717) is 11.8 Å². The van der Waals surface area contributed by atoms with Gasteiger partial charge in [0.05, 0.1) is 46.0 Å². The van der Waals surface area contributed by atoms with E-state index in [1.54, 1.807) is 18.8 Å². The second-order valence-electron chi connectivity index (χ2n) is 14.5. The number of methoxy groups -OCH3 is 2. The molecule has 294 valence electrons. The van der Waals surface area contributed by atoms with Crippen LogP contribution in [0.1, 0.15) is 69.0 Å². The molecule has 11 heteroatoms. The molecule has 5 aromatic rings. The van der Waals surface area contributed by atoms with E-state index in [1.807, 2.05) is 104 Å². The predicted octanol–water partition coefficient (Wildman–Crippen LogP) is 9.28. The van der Waals surface area contributed by atoms with Gasteiger partial charge < -0.3 is 28.0 Å². The van der Waals surface area contributed by atoms with Gasteiger partial charge in [-0.2, -0.15) is 5.26 Å². The van der Waals surface area contributed by atoms with Crippen LogP contribution in [0, 0.1) is 18.3 Å². The van der Waals surface area contributed by atoms with Crippen LogP contribution in [0.15, 0.2) is 114 Å². The molecule has 0 amide bonds. The summed E-state index contributed by atoms with van der Waals surface area (Å²) in [6.45, 7) is 10.8. The monoisotopic (exact) mass is 777 g/mol. The number of aryl methyl sites for hydroxylation is 1. The first-order chi connectivity index (χ1) is 27.1. The Labute approximate surface area is 331 Å². The number of nitriles is 1. The summed E-state index contributed by atoms with van der Waals surface area (Å²) in [7, 11) is 1.72. The number of rotatable bonds is 17. The Morgan fingerprint density at radius 1 is 0.857 bits per heavy atom. The average molecular weight is 778 g/mol. The first-order valence-electron chi connectivity index (χ1n) is 19.1. The normalized spacial score (nSPS) is 17.8. The zero-order valence-corrected chi connectivity index (χ0v) is 34.1. The Hall–Kier alpha value is -4.59. The van der Waals surface area contributed by atoms with Crippen molar-refractivity contribution >= 4 is 19.3 Å². The minimum atomic E-state index is -1.58. The molecule has 0 bridgehead atoms. The number of benzene rings is 4. The molecule has 56 heavy (non-hydrogen) atoms. The molecule has 0 aliphatic carbocycles. The number of hydrogen-bond donors (Lipinski definition) is 0. The van der Waals surface area contributed by atoms with Crippen molar-refractivity contribution in [2.75, 3.05) is 27.4 Å². The van der Waals surface area contributed by atoms with E-state index in [9.17, 15) is 10.1 Å². The molecule has 10 nitrogen and oxygen atoms in total. The zero-order chi connectivity index (χ0) is 39.8. The van der Waals surface area contributed by atoms with Crippen molar-refractivity contribution in [3.63, 3.8) is 0 Å². The fourth-order valence-electron chi connectivity index (χ4n) is 7.46. The largest absolute Gasteiger partial charge is 0.497 e. The summed E-state index contributed by atoms with van der Waals surface area (Å²) in [6.07, 6.45) is 0.567. The maximum absolute atomic E-state index is 14.1. The van der Waals surface area contributed by atoms with E-state index < -0.39 is 32.6 Å².